The number of carbonyl (C=O) groups is 1. The molecule has 29 heavy (non-hydrogen) atoms. The number of piperazine rings is 1. The first-order chi connectivity index (χ1) is 13.7. The molecule has 3 rings (SSSR count). The summed E-state index contributed by atoms with van der Waals surface area (Å²) in [7, 11) is -3.43. The van der Waals surface area contributed by atoms with E-state index in [9.17, 15) is 13.2 Å². The van der Waals surface area contributed by atoms with Crippen LogP contribution in [0.3, 0.4) is 0 Å². The van der Waals surface area contributed by atoms with E-state index in [2.05, 4.69) is 0 Å². The number of anilines is 1. The van der Waals surface area contributed by atoms with Crippen molar-refractivity contribution in [3.05, 3.63) is 58.6 Å². The van der Waals surface area contributed by atoms with E-state index in [4.69, 9.17) is 21.4 Å². The average Bonchev–Trinajstić information content (AvgIpc) is 2.66. The maximum Gasteiger partial charge on any atom is 0.341 e. The van der Waals surface area contributed by atoms with Gasteiger partial charge in [0, 0.05) is 31.2 Å². The van der Waals surface area contributed by atoms with Gasteiger partial charge in [-0.2, -0.15) is 4.31 Å². The fraction of sp³-hybridized carbons (Fsp3) is 0.350. The van der Waals surface area contributed by atoms with Crippen molar-refractivity contribution in [1.29, 1.82) is 0 Å². The second-order valence-corrected chi connectivity index (χ2v) is 9.33. The fourth-order valence-electron chi connectivity index (χ4n) is 3.31. The lowest BCUT2D eigenvalue weighted by atomic mass is 10.2. The maximum absolute atomic E-state index is 12.8. The molecule has 1 aliphatic rings. The molecule has 0 aliphatic carbocycles. The molecule has 1 N–H and O–H groups in total. The molecule has 2 aromatic carbocycles. The molecule has 7 nitrogen and oxygen atoms in total. The number of sulfonamides is 1. The smallest absolute Gasteiger partial charge is 0.341 e. The van der Waals surface area contributed by atoms with E-state index in [1.807, 2.05) is 36.1 Å². The van der Waals surface area contributed by atoms with E-state index >= 15 is 0 Å². The molecule has 0 radical (unpaired) electrons. The van der Waals surface area contributed by atoms with Crippen LogP contribution in [0.4, 0.5) is 5.69 Å². The molecule has 0 amide bonds. The molecule has 0 saturated carbocycles. The molecular weight excluding hydrogens is 416 g/mol. The largest absolute Gasteiger partial charge is 0.480 e. The van der Waals surface area contributed by atoms with Gasteiger partial charge in [-0.3, -0.25) is 0 Å². The fourth-order valence-corrected chi connectivity index (χ4v) is 4.98. The molecular formula is C20H23ClN2O5S. The van der Waals surface area contributed by atoms with Gasteiger partial charge in [0.2, 0.25) is 10.0 Å². The first kappa shape index (κ1) is 21.4. The number of hydrogen-bond acceptors (Lipinski definition) is 5. The standard InChI is InChI=1S/C20H23ClN2O5S/c1-15-3-2-4-16(11-15)14-29(26,27)23-9-7-22(8-10-23)18-12-17(21)5-6-19(18)28-13-20(24)25/h2-6,11-12H,7-10,13-14H2,1H3,(H,24,25). The van der Waals surface area contributed by atoms with Crippen molar-refractivity contribution in [3.63, 3.8) is 0 Å². The molecule has 1 saturated heterocycles. The lowest BCUT2D eigenvalue weighted by Crippen LogP contribution is -2.49. The molecule has 0 atom stereocenters. The molecule has 1 aliphatic heterocycles. The van der Waals surface area contributed by atoms with Crippen LogP contribution < -0.4 is 9.64 Å². The Bertz CT molecular complexity index is 988. The molecule has 0 unspecified atom stereocenters. The Kier molecular flexibility index (Phi) is 6.66. The van der Waals surface area contributed by atoms with Gasteiger partial charge in [-0.1, -0.05) is 41.4 Å². The Hall–Kier alpha value is -2.29. The summed E-state index contributed by atoms with van der Waals surface area (Å²) < 4.78 is 32.5. The zero-order valence-electron chi connectivity index (χ0n) is 16.0. The van der Waals surface area contributed by atoms with Crippen LogP contribution in [0.2, 0.25) is 5.02 Å². The summed E-state index contributed by atoms with van der Waals surface area (Å²) in [6.07, 6.45) is 0. The molecule has 156 valence electrons. The Morgan fingerprint density at radius 3 is 2.52 bits per heavy atom. The Morgan fingerprint density at radius 1 is 1.14 bits per heavy atom. The van der Waals surface area contributed by atoms with E-state index in [0.717, 1.165) is 11.1 Å². The highest BCUT2D eigenvalue weighted by atomic mass is 35.5. The van der Waals surface area contributed by atoms with Crippen molar-refractivity contribution in [1.82, 2.24) is 4.31 Å². The van der Waals surface area contributed by atoms with E-state index in [-0.39, 0.29) is 5.75 Å². The van der Waals surface area contributed by atoms with Gasteiger partial charge in [-0.05, 0) is 30.7 Å². The topological polar surface area (TPSA) is 87.2 Å². The number of halogens is 1. The number of carboxylic acids is 1. The van der Waals surface area contributed by atoms with Crippen LogP contribution in [0.25, 0.3) is 0 Å². The van der Waals surface area contributed by atoms with Crippen LogP contribution in [0.5, 0.6) is 5.75 Å². The first-order valence-electron chi connectivity index (χ1n) is 9.17. The summed E-state index contributed by atoms with van der Waals surface area (Å²) in [6, 6.07) is 12.5. The minimum absolute atomic E-state index is 0.0290. The minimum Gasteiger partial charge on any atom is -0.480 e. The molecule has 1 fully saturated rings. The van der Waals surface area contributed by atoms with Crippen molar-refractivity contribution < 1.29 is 23.1 Å². The van der Waals surface area contributed by atoms with Crippen molar-refractivity contribution in [2.75, 3.05) is 37.7 Å². The highest BCUT2D eigenvalue weighted by Crippen LogP contribution is 2.32. The van der Waals surface area contributed by atoms with E-state index in [0.29, 0.717) is 42.6 Å². The van der Waals surface area contributed by atoms with Crippen LogP contribution in [0, 0.1) is 6.92 Å². The Labute approximate surface area is 175 Å². The predicted molar refractivity (Wildman–Crippen MR) is 112 cm³/mol. The summed E-state index contributed by atoms with van der Waals surface area (Å²) in [4.78, 5) is 12.8. The predicted octanol–water partition coefficient (Wildman–Crippen LogP) is 2.76. The minimum atomic E-state index is -3.43. The number of carboxylic acid groups (broad SMARTS) is 1. The third kappa shape index (κ3) is 5.62. The first-order valence-corrected chi connectivity index (χ1v) is 11.2. The third-order valence-electron chi connectivity index (χ3n) is 4.68. The number of nitrogens with zero attached hydrogens (tertiary/aromatic N) is 2. The zero-order valence-corrected chi connectivity index (χ0v) is 17.6. The monoisotopic (exact) mass is 438 g/mol. The van der Waals surface area contributed by atoms with Crippen LogP contribution in [-0.2, 0) is 20.6 Å². The molecule has 9 heteroatoms. The molecule has 0 aromatic heterocycles. The summed E-state index contributed by atoms with van der Waals surface area (Å²) >= 11 is 6.10. The van der Waals surface area contributed by atoms with Crippen molar-refractivity contribution >= 4 is 33.3 Å². The van der Waals surface area contributed by atoms with Crippen LogP contribution in [-0.4, -0.2) is 56.6 Å². The highest BCUT2D eigenvalue weighted by Gasteiger charge is 2.28. The number of hydrogen-bond donors (Lipinski definition) is 1. The van der Waals surface area contributed by atoms with E-state index in [1.165, 1.54) is 4.31 Å². The summed E-state index contributed by atoms with van der Waals surface area (Å²) in [5.41, 5.74) is 2.46. The Balaban J connectivity index is 1.68. The number of aryl methyl sites for hydroxylation is 1. The van der Waals surface area contributed by atoms with Crippen molar-refractivity contribution in [2.24, 2.45) is 0 Å². The SMILES string of the molecule is Cc1cccc(CS(=O)(=O)N2CCN(c3cc(Cl)ccc3OCC(=O)O)CC2)c1. The molecule has 0 bridgehead atoms. The average molecular weight is 439 g/mol. The maximum atomic E-state index is 12.8. The van der Waals surface area contributed by atoms with Gasteiger partial charge < -0.3 is 14.7 Å². The summed E-state index contributed by atoms with van der Waals surface area (Å²) in [6.45, 7) is 3.05. The second kappa shape index (κ2) is 9.02. The Morgan fingerprint density at radius 2 is 1.86 bits per heavy atom. The van der Waals surface area contributed by atoms with Crippen LogP contribution in [0.1, 0.15) is 11.1 Å². The number of aliphatic carboxylic acids is 1. The molecule has 2 aromatic rings. The number of ether oxygens (including phenoxy) is 1. The van der Waals surface area contributed by atoms with Gasteiger partial charge in [-0.25, -0.2) is 13.2 Å². The van der Waals surface area contributed by atoms with Crippen LogP contribution in [0.15, 0.2) is 42.5 Å². The second-order valence-electron chi connectivity index (χ2n) is 6.93. The van der Waals surface area contributed by atoms with Gasteiger partial charge in [-0.15, -0.1) is 0 Å². The number of benzene rings is 2. The lowest BCUT2D eigenvalue weighted by molar-refractivity contribution is -0.139. The molecule has 0 spiro atoms. The van der Waals surface area contributed by atoms with Gasteiger partial charge in [0.25, 0.3) is 0 Å². The third-order valence-corrected chi connectivity index (χ3v) is 6.76. The lowest BCUT2D eigenvalue weighted by Gasteiger charge is -2.36. The van der Waals surface area contributed by atoms with Gasteiger partial charge in [0.1, 0.15) is 5.75 Å². The zero-order chi connectivity index (χ0) is 21.0. The van der Waals surface area contributed by atoms with Gasteiger partial charge >= 0.3 is 5.97 Å². The highest BCUT2D eigenvalue weighted by molar-refractivity contribution is 7.88. The quantitative estimate of drug-likeness (QED) is 0.715. The van der Waals surface area contributed by atoms with Crippen molar-refractivity contribution in [2.45, 2.75) is 12.7 Å². The normalized spacial score (nSPS) is 15.3. The number of rotatable bonds is 7. The summed E-state index contributed by atoms with van der Waals surface area (Å²) in [5, 5.41) is 9.35. The van der Waals surface area contributed by atoms with E-state index in [1.54, 1.807) is 18.2 Å². The van der Waals surface area contributed by atoms with Gasteiger partial charge in [0.15, 0.2) is 6.61 Å². The van der Waals surface area contributed by atoms with Gasteiger partial charge in [0.05, 0.1) is 11.4 Å². The summed E-state index contributed by atoms with van der Waals surface area (Å²) in [5.74, 6) is -0.690. The molecule has 1 heterocycles. The van der Waals surface area contributed by atoms with Crippen molar-refractivity contribution in [3.8, 4) is 5.75 Å². The van der Waals surface area contributed by atoms with E-state index < -0.39 is 22.6 Å². The van der Waals surface area contributed by atoms with Crippen LogP contribution >= 0.6 is 11.6 Å².